The normalized spacial score (nSPS) is 10.6. The van der Waals surface area contributed by atoms with Crippen molar-refractivity contribution in [1.29, 1.82) is 0 Å². The van der Waals surface area contributed by atoms with E-state index in [0.29, 0.717) is 13.2 Å². The average molecular weight is 378 g/mol. The lowest BCUT2D eigenvalue weighted by molar-refractivity contribution is 0.267. The van der Waals surface area contributed by atoms with Gasteiger partial charge in [-0.3, -0.25) is 0 Å². The molecule has 0 fully saturated rings. The van der Waals surface area contributed by atoms with Crippen LogP contribution in [0.4, 0.5) is 0 Å². The van der Waals surface area contributed by atoms with E-state index in [2.05, 4.69) is 65.4 Å². The monoisotopic (exact) mass is 377 g/mol. The minimum atomic E-state index is 0.519. The molecule has 0 saturated heterocycles. The summed E-state index contributed by atoms with van der Waals surface area (Å²) >= 11 is 3.61. The standard InChI is InChI=1S/C19H24BrNO2/c1-4-21-12-16-10-17(20)19(18(11-16)22-5-2)23-13-15-8-6-14(3)7-9-15/h6-11,21H,4-5,12-13H2,1-3H3. The summed E-state index contributed by atoms with van der Waals surface area (Å²) in [7, 11) is 0. The smallest absolute Gasteiger partial charge is 0.175 e. The highest BCUT2D eigenvalue weighted by Crippen LogP contribution is 2.37. The van der Waals surface area contributed by atoms with Crippen LogP contribution >= 0.6 is 15.9 Å². The van der Waals surface area contributed by atoms with Crippen LogP contribution in [0.1, 0.15) is 30.5 Å². The van der Waals surface area contributed by atoms with Crippen LogP contribution in [0.25, 0.3) is 0 Å². The summed E-state index contributed by atoms with van der Waals surface area (Å²) in [5.41, 5.74) is 3.56. The molecule has 23 heavy (non-hydrogen) atoms. The first-order valence-corrected chi connectivity index (χ1v) is 8.77. The van der Waals surface area contributed by atoms with Crippen molar-refractivity contribution in [3.8, 4) is 11.5 Å². The Morgan fingerprint density at radius 2 is 1.74 bits per heavy atom. The second kappa shape index (κ2) is 8.94. The molecule has 124 valence electrons. The molecular formula is C19H24BrNO2. The molecular weight excluding hydrogens is 354 g/mol. The summed E-state index contributed by atoms with van der Waals surface area (Å²) in [6.45, 7) is 9.04. The summed E-state index contributed by atoms with van der Waals surface area (Å²) in [6.07, 6.45) is 0. The molecule has 2 rings (SSSR count). The molecule has 0 radical (unpaired) electrons. The van der Waals surface area contributed by atoms with Gasteiger partial charge in [-0.1, -0.05) is 36.8 Å². The van der Waals surface area contributed by atoms with Crippen LogP contribution in [0.3, 0.4) is 0 Å². The maximum absolute atomic E-state index is 6.01. The molecule has 2 aromatic carbocycles. The van der Waals surface area contributed by atoms with Crippen LogP contribution in [0, 0.1) is 6.92 Å². The van der Waals surface area contributed by atoms with Gasteiger partial charge in [0.2, 0.25) is 0 Å². The lowest BCUT2D eigenvalue weighted by atomic mass is 10.1. The second-order valence-electron chi connectivity index (χ2n) is 5.39. The van der Waals surface area contributed by atoms with Gasteiger partial charge in [-0.25, -0.2) is 0 Å². The number of halogens is 1. The van der Waals surface area contributed by atoms with Crippen molar-refractivity contribution in [3.63, 3.8) is 0 Å². The molecule has 0 spiro atoms. The van der Waals surface area contributed by atoms with Gasteiger partial charge in [-0.2, -0.15) is 0 Å². The first-order valence-electron chi connectivity index (χ1n) is 7.98. The molecule has 0 bridgehead atoms. The van der Waals surface area contributed by atoms with Crippen LogP contribution in [0.5, 0.6) is 11.5 Å². The van der Waals surface area contributed by atoms with Gasteiger partial charge in [-0.15, -0.1) is 0 Å². The summed E-state index contributed by atoms with van der Waals surface area (Å²) in [5, 5.41) is 3.33. The molecule has 0 aliphatic carbocycles. The molecule has 3 nitrogen and oxygen atoms in total. The minimum Gasteiger partial charge on any atom is -0.490 e. The van der Waals surface area contributed by atoms with E-state index < -0.39 is 0 Å². The van der Waals surface area contributed by atoms with E-state index in [0.717, 1.165) is 34.6 Å². The molecule has 0 saturated carbocycles. The van der Waals surface area contributed by atoms with E-state index in [4.69, 9.17) is 9.47 Å². The van der Waals surface area contributed by atoms with Crippen LogP contribution in [0.2, 0.25) is 0 Å². The maximum Gasteiger partial charge on any atom is 0.175 e. The Kier molecular flexibility index (Phi) is 6.93. The second-order valence-corrected chi connectivity index (χ2v) is 6.25. The first-order chi connectivity index (χ1) is 11.1. The summed E-state index contributed by atoms with van der Waals surface area (Å²) < 4.78 is 12.7. The van der Waals surface area contributed by atoms with Gasteiger partial charge in [0.25, 0.3) is 0 Å². The third-order valence-corrected chi connectivity index (χ3v) is 4.04. The highest BCUT2D eigenvalue weighted by Gasteiger charge is 2.12. The predicted octanol–water partition coefficient (Wildman–Crippen LogP) is 4.84. The Morgan fingerprint density at radius 1 is 1.00 bits per heavy atom. The third kappa shape index (κ3) is 5.26. The lowest BCUT2D eigenvalue weighted by Crippen LogP contribution is -2.12. The van der Waals surface area contributed by atoms with E-state index in [1.165, 1.54) is 11.1 Å². The predicted molar refractivity (Wildman–Crippen MR) is 98.2 cm³/mol. The van der Waals surface area contributed by atoms with Crippen molar-refractivity contribution in [2.24, 2.45) is 0 Å². The number of ether oxygens (including phenoxy) is 2. The molecule has 0 aliphatic rings. The van der Waals surface area contributed by atoms with E-state index in [9.17, 15) is 0 Å². The van der Waals surface area contributed by atoms with Crippen molar-refractivity contribution in [2.75, 3.05) is 13.2 Å². The fourth-order valence-corrected chi connectivity index (χ4v) is 2.84. The zero-order chi connectivity index (χ0) is 16.7. The van der Waals surface area contributed by atoms with Gasteiger partial charge < -0.3 is 14.8 Å². The Hall–Kier alpha value is -1.52. The van der Waals surface area contributed by atoms with Gasteiger partial charge in [0.05, 0.1) is 11.1 Å². The molecule has 0 aliphatic heterocycles. The van der Waals surface area contributed by atoms with E-state index in [-0.39, 0.29) is 0 Å². The number of benzene rings is 2. The van der Waals surface area contributed by atoms with Gasteiger partial charge in [0.15, 0.2) is 11.5 Å². The Labute approximate surface area is 147 Å². The Balaban J connectivity index is 2.16. The molecule has 1 N–H and O–H groups in total. The van der Waals surface area contributed by atoms with Gasteiger partial charge in [0, 0.05) is 6.54 Å². The van der Waals surface area contributed by atoms with Crippen LogP contribution in [-0.4, -0.2) is 13.2 Å². The molecule has 0 aromatic heterocycles. The molecule has 4 heteroatoms. The summed E-state index contributed by atoms with van der Waals surface area (Å²) in [5.74, 6) is 1.54. The number of hydrogen-bond acceptors (Lipinski definition) is 3. The topological polar surface area (TPSA) is 30.5 Å². The first kappa shape index (κ1) is 17.8. The van der Waals surface area contributed by atoms with Gasteiger partial charge >= 0.3 is 0 Å². The van der Waals surface area contributed by atoms with Crippen molar-refractivity contribution in [1.82, 2.24) is 5.32 Å². The minimum absolute atomic E-state index is 0.519. The fraction of sp³-hybridized carbons (Fsp3) is 0.368. The van der Waals surface area contributed by atoms with Gasteiger partial charge in [-0.05, 0) is 59.6 Å². The molecule has 2 aromatic rings. The zero-order valence-corrected chi connectivity index (χ0v) is 15.6. The average Bonchev–Trinajstić information content (AvgIpc) is 2.54. The van der Waals surface area contributed by atoms with Crippen LogP contribution in [0.15, 0.2) is 40.9 Å². The van der Waals surface area contributed by atoms with Crippen molar-refractivity contribution >= 4 is 15.9 Å². The van der Waals surface area contributed by atoms with Crippen molar-refractivity contribution < 1.29 is 9.47 Å². The van der Waals surface area contributed by atoms with Gasteiger partial charge in [0.1, 0.15) is 6.61 Å². The molecule has 0 unspecified atom stereocenters. The zero-order valence-electron chi connectivity index (χ0n) is 14.0. The van der Waals surface area contributed by atoms with Crippen LogP contribution < -0.4 is 14.8 Å². The third-order valence-electron chi connectivity index (χ3n) is 3.45. The lowest BCUT2D eigenvalue weighted by Gasteiger charge is -2.16. The quantitative estimate of drug-likeness (QED) is 0.713. The molecule has 0 amide bonds. The number of aryl methyl sites for hydroxylation is 1. The largest absolute Gasteiger partial charge is 0.490 e. The Bertz CT molecular complexity index is 626. The van der Waals surface area contributed by atoms with Crippen LogP contribution in [-0.2, 0) is 13.2 Å². The van der Waals surface area contributed by atoms with Crippen molar-refractivity contribution in [2.45, 2.75) is 33.9 Å². The number of hydrogen-bond donors (Lipinski definition) is 1. The van der Waals surface area contributed by atoms with E-state index in [1.807, 2.05) is 13.0 Å². The number of nitrogens with one attached hydrogen (secondary N) is 1. The SMILES string of the molecule is CCNCc1cc(Br)c(OCc2ccc(C)cc2)c(OCC)c1. The summed E-state index contributed by atoms with van der Waals surface area (Å²) in [4.78, 5) is 0. The Morgan fingerprint density at radius 3 is 2.39 bits per heavy atom. The fourth-order valence-electron chi connectivity index (χ4n) is 2.24. The number of rotatable bonds is 8. The molecule has 0 atom stereocenters. The highest BCUT2D eigenvalue weighted by molar-refractivity contribution is 9.10. The van der Waals surface area contributed by atoms with Crippen molar-refractivity contribution in [3.05, 3.63) is 57.6 Å². The summed E-state index contributed by atoms with van der Waals surface area (Å²) in [6, 6.07) is 12.5. The van der Waals surface area contributed by atoms with E-state index in [1.54, 1.807) is 0 Å². The maximum atomic E-state index is 6.01. The highest BCUT2D eigenvalue weighted by atomic mass is 79.9. The van der Waals surface area contributed by atoms with E-state index >= 15 is 0 Å². The molecule has 0 heterocycles.